The molecule has 1 N–H and O–H groups in total. The van der Waals surface area contributed by atoms with Gasteiger partial charge in [0, 0.05) is 29.7 Å². The predicted octanol–water partition coefficient (Wildman–Crippen LogP) is 4.32. The Morgan fingerprint density at radius 3 is 2.45 bits per heavy atom. The molecule has 4 aromatic rings. The topological polar surface area (TPSA) is 81.9 Å². The largest absolute Gasteiger partial charge is 0.438 e. The molecule has 1 amide bonds. The van der Waals surface area contributed by atoms with Gasteiger partial charge in [0.25, 0.3) is 5.91 Å². The molecule has 0 radical (unpaired) electrons. The lowest BCUT2D eigenvalue weighted by molar-refractivity contribution is 0.102. The highest BCUT2D eigenvalue weighted by Crippen LogP contribution is 2.22. The molecule has 29 heavy (non-hydrogen) atoms. The van der Waals surface area contributed by atoms with Crippen LogP contribution in [0.5, 0.6) is 11.6 Å². The molecule has 0 saturated carbocycles. The van der Waals surface area contributed by atoms with E-state index in [4.69, 9.17) is 4.74 Å². The van der Waals surface area contributed by atoms with E-state index in [0.29, 0.717) is 28.7 Å². The maximum Gasteiger partial charge on any atom is 0.255 e. The maximum absolute atomic E-state index is 12.4. The van der Waals surface area contributed by atoms with Crippen LogP contribution in [0.15, 0.2) is 73.3 Å². The van der Waals surface area contributed by atoms with Crippen molar-refractivity contribution in [3.05, 3.63) is 90.0 Å². The molecule has 2 heterocycles. The van der Waals surface area contributed by atoms with Crippen LogP contribution in [0.1, 0.15) is 21.5 Å². The highest BCUT2D eigenvalue weighted by Gasteiger charge is 2.08. The first-order chi connectivity index (χ1) is 14.1. The van der Waals surface area contributed by atoms with Gasteiger partial charge in [-0.1, -0.05) is 6.07 Å². The third-order valence-corrected chi connectivity index (χ3v) is 4.50. The molecule has 0 aliphatic carbocycles. The highest BCUT2D eigenvalue weighted by atomic mass is 16.5. The molecule has 0 aliphatic rings. The molecule has 7 heteroatoms. The zero-order chi connectivity index (χ0) is 20.2. The fourth-order valence-corrected chi connectivity index (χ4v) is 2.71. The smallest absolute Gasteiger partial charge is 0.255 e. The van der Waals surface area contributed by atoms with E-state index >= 15 is 0 Å². The monoisotopic (exact) mass is 385 g/mol. The van der Waals surface area contributed by atoms with E-state index in [-0.39, 0.29) is 5.91 Å². The summed E-state index contributed by atoms with van der Waals surface area (Å²) in [7, 11) is 0. The van der Waals surface area contributed by atoms with Gasteiger partial charge in [-0.2, -0.15) is 0 Å². The summed E-state index contributed by atoms with van der Waals surface area (Å²) in [6, 6.07) is 16.3. The van der Waals surface area contributed by atoms with Gasteiger partial charge in [-0.3, -0.25) is 9.36 Å². The van der Waals surface area contributed by atoms with E-state index in [9.17, 15) is 4.79 Å². The van der Waals surface area contributed by atoms with E-state index in [1.165, 1.54) is 0 Å². The second kappa shape index (κ2) is 7.93. The van der Waals surface area contributed by atoms with Crippen molar-refractivity contribution in [3.8, 4) is 17.4 Å². The van der Waals surface area contributed by atoms with Crippen molar-refractivity contribution in [2.75, 3.05) is 5.32 Å². The Balaban J connectivity index is 1.40. The number of carbonyl (C=O) groups is 1. The Morgan fingerprint density at radius 2 is 1.79 bits per heavy atom. The van der Waals surface area contributed by atoms with Crippen molar-refractivity contribution in [3.63, 3.8) is 0 Å². The number of aromatic nitrogens is 4. The van der Waals surface area contributed by atoms with Crippen LogP contribution < -0.4 is 10.1 Å². The second-order valence-electron chi connectivity index (χ2n) is 6.58. The lowest BCUT2D eigenvalue weighted by atomic mass is 10.1. The molecule has 2 aromatic carbocycles. The van der Waals surface area contributed by atoms with Crippen LogP contribution in [-0.4, -0.2) is 25.7 Å². The Labute approximate surface area is 168 Å². The van der Waals surface area contributed by atoms with Gasteiger partial charge < -0.3 is 10.1 Å². The van der Waals surface area contributed by atoms with Crippen LogP contribution in [0.25, 0.3) is 5.82 Å². The van der Waals surface area contributed by atoms with Crippen LogP contribution in [0.2, 0.25) is 0 Å². The lowest BCUT2D eigenvalue weighted by Crippen LogP contribution is -2.12. The third kappa shape index (κ3) is 4.30. The summed E-state index contributed by atoms with van der Waals surface area (Å²) in [6.07, 6.45) is 5.11. The average molecular weight is 385 g/mol. The number of amides is 1. The fourth-order valence-electron chi connectivity index (χ4n) is 2.71. The van der Waals surface area contributed by atoms with Crippen molar-refractivity contribution in [2.45, 2.75) is 13.8 Å². The molecule has 4 rings (SSSR count). The van der Waals surface area contributed by atoms with E-state index < -0.39 is 0 Å². The number of benzene rings is 2. The first kappa shape index (κ1) is 18.4. The van der Waals surface area contributed by atoms with Crippen LogP contribution in [-0.2, 0) is 0 Å². The van der Waals surface area contributed by atoms with Crippen LogP contribution in [0.4, 0.5) is 5.69 Å². The standard InChI is InChI=1S/C22H19N5O2/c1-15-3-4-17(13-16(15)2)22(28)24-18-5-7-19(8-6-18)29-21-10-9-20(25-26-21)27-12-11-23-14-27/h3-14H,1-2H3,(H,24,28). The van der Waals surface area contributed by atoms with Crippen LogP contribution in [0.3, 0.4) is 0 Å². The van der Waals surface area contributed by atoms with Gasteiger partial charge in [0.1, 0.15) is 12.1 Å². The molecule has 2 aromatic heterocycles. The summed E-state index contributed by atoms with van der Waals surface area (Å²) in [5, 5.41) is 11.1. The number of carbonyl (C=O) groups excluding carboxylic acids is 1. The van der Waals surface area contributed by atoms with E-state index in [1.807, 2.05) is 32.0 Å². The molecule has 0 saturated heterocycles. The molecule has 0 bridgehead atoms. The fraction of sp³-hybridized carbons (Fsp3) is 0.0909. The minimum Gasteiger partial charge on any atom is -0.438 e. The van der Waals surface area contributed by atoms with Crippen molar-refractivity contribution in [2.24, 2.45) is 0 Å². The Morgan fingerprint density at radius 1 is 0.966 bits per heavy atom. The molecule has 144 valence electrons. The normalized spacial score (nSPS) is 10.6. The Hall–Kier alpha value is -4.00. The van der Waals surface area contributed by atoms with Gasteiger partial charge in [0.05, 0.1) is 0 Å². The van der Waals surface area contributed by atoms with Crippen molar-refractivity contribution in [1.29, 1.82) is 0 Å². The summed E-state index contributed by atoms with van der Waals surface area (Å²) in [6.45, 7) is 4.01. The molecular weight excluding hydrogens is 366 g/mol. The molecular formula is C22H19N5O2. The Bertz CT molecular complexity index is 1120. The van der Waals surface area contributed by atoms with Crippen LogP contribution in [0, 0.1) is 13.8 Å². The van der Waals surface area contributed by atoms with Crippen molar-refractivity contribution >= 4 is 11.6 Å². The quantitative estimate of drug-likeness (QED) is 0.553. The van der Waals surface area contributed by atoms with Gasteiger partial charge in [0.2, 0.25) is 5.88 Å². The van der Waals surface area contributed by atoms with Gasteiger partial charge in [-0.25, -0.2) is 4.98 Å². The number of hydrogen-bond donors (Lipinski definition) is 1. The van der Waals surface area contributed by atoms with Gasteiger partial charge in [-0.05, 0) is 67.4 Å². The summed E-state index contributed by atoms with van der Waals surface area (Å²) >= 11 is 0. The molecule has 0 aliphatic heterocycles. The zero-order valence-corrected chi connectivity index (χ0v) is 16.0. The van der Waals surface area contributed by atoms with Crippen molar-refractivity contribution < 1.29 is 9.53 Å². The molecule has 0 spiro atoms. The number of hydrogen-bond acceptors (Lipinski definition) is 5. The zero-order valence-electron chi connectivity index (χ0n) is 16.0. The number of imidazole rings is 1. The number of anilines is 1. The number of nitrogens with zero attached hydrogens (tertiary/aromatic N) is 4. The molecule has 0 atom stereocenters. The number of ether oxygens (including phenoxy) is 1. The number of aryl methyl sites for hydroxylation is 2. The predicted molar refractivity (Wildman–Crippen MR) is 110 cm³/mol. The first-order valence-electron chi connectivity index (χ1n) is 9.07. The van der Waals surface area contributed by atoms with Gasteiger partial charge in [0.15, 0.2) is 5.82 Å². The highest BCUT2D eigenvalue weighted by molar-refractivity contribution is 6.04. The van der Waals surface area contributed by atoms with Crippen LogP contribution >= 0.6 is 0 Å². The summed E-state index contributed by atoms with van der Waals surface area (Å²) in [5.74, 6) is 1.47. The van der Waals surface area contributed by atoms with E-state index in [0.717, 1.165) is 11.1 Å². The van der Waals surface area contributed by atoms with Gasteiger partial charge in [-0.15, -0.1) is 10.2 Å². The average Bonchev–Trinajstić information content (AvgIpc) is 3.27. The first-order valence-corrected chi connectivity index (χ1v) is 9.07. The lowest BCUT2D eigenvalue weighted by Gasteiger charge is -2.09. The maximum atomic E-state index is 12.4. The number of rotatable bonds is 5. The third-order valence-electron chi connectivity index (χ3n) is 4.50. The molecule has 7 nitrogen and oxygen atoms in total. The molecule has 0 unspecified atom stereocenters. The summed E-state index contributed by atoms with van der Waals surface area (Å²) in [5.41, 5.74) is 3.55. The minimum atomic E-state index is -0.150. The second-order valence-corrected chi connectivity index (χ2v) is 6.58. The number of nitrogens with one attached hydrogen (secondary N) is 1. The minimum absolute atomic E-state index is 0.150. The SMILES string of the molecule is Cc1ccc(C(=O)Nc2ccc(Oc3ccc(-n4ccnc4)nn3)cc2)cc1C. The van der Waals surface area contributed by atoms with E-state index in [1.54, 1.807) is 59.7 Å². The van der Waals surface area contributed by atoms with Gasteiger partial charge >= 0.3 is 0 Å². The Kier molecular flexibility index (Phi) is 5.03. The summed E-state index contributed by atoms with van der Waals surface area (Å²) < 4.78 is 7.47. The van der Waals surface area contributed by atoms with Crippen molar-refractivity contribution in [1.82, 2.24) is 19.7 Å². The molecule has 0 fully saturated rings. The summed E-state index contributed by atoms with van der Waals surface area (Å²) in [4.78, 5) is 16.4. The van der Waals surface area contributed by atoms with E-state index in [2.05, 4.69) is 20.5 Å².